The van der Waals surface area contributed by atoms with Crippen molar-refractivity contribution < 1.29 is 13.2 Å². The van der Waals surface area contributed by atoms with Crippen LogP contribution in [0.15, 0.2) is 12.2 Å². The minimum absolute atomic E-state index is 0.0685. The summed E-state index contributed by atoms with van der Waals surface area (Å²) in [7, 11) is -3.35. The van der Waals surface area contributed by atoms with Gasteiger partial charge in [-0.1, -0.05) is 12.2 Å². The number of hydrogen-bond donors (Lipinski definition) is 1. The molecule has 3 aliphatic rings. The van der Waals surface area contributed by atoms with Gasteiger partial charge in [0.05, 0.1) is 11.2 Å². The molecule has 1 N–H and O–H groups in total. The van der Waals surface area contributed by atoms with Crippen molar-refractivity contribution in [1.29, 1.82) is 0 Å². The Morgan fingerprint density at radius 2 is 2.00 bits per heavy atom. The molecule has 1 amide bonds. The Morgan fingerprint density at radius 3 is 2.69 bits per heavy atom. The number of fused-ring (bicyclic) bond motifs is 5. The van der Waals surface area contributed by atoms with Crippen LogP contribution in [0.1, 0.15) is 6.42 Å². The van der Waals surface area contributed by atoms with Crippen LogP contribution in [-0.4, -0.2) is 19.6 Å². The van der Waals surface area contributed by atoms with Crippen molar-refractivity contribution in [2.24, 2.45) is 17.8 Å². The highest BCUT2D eigenvalue weighted by molar-refractivity contribution is 7.91. The van der Waals surface area contributed by atoms with Gasteiger partial charge in [-0.3, -0.25) is 9.52 Å². The smallest absolute Gasteiger partial charge is 0.239 e. The van der Waals surface area contributed by atoms with Gasteiger partial charge in [0.2, 0.25) is 15.9 Å². The highest BCUT2D eigenvalue weighted by atomic mass is 32.2. The molecule has 0 spiro atoms. The van der Waals surface area contributed by atoms with Crippen LogP contribution >= 0.6 is 0 Å². The van der Waals surface area contributed by atoms with Gasteiger partial charge in [0.15, 0.2) is 0 Å². The van der Waals surface area contributed by atoms with Gasteiger partial charge in [-0.2, -0.15) is 0 Å². The molecule has 2 bridgehead atoms. The third-order valence-electron chi connectivity index (χ3n) is 3.29. The number of sulfonamides is 1. The van der Waals surface area contributed by atoms with Crippen LogP contribution in [0.5, 0.6) is 0 Å². The molecular weight excluding hydrogens is 190 g/mol. The first-order chi connectivity index (χ1) is 6.09. The Balaban J connectivity index is 2.17. The van der Waals surface area contributed by atoms with E-state index in [9.17, 15) is 13.2 Å². The van der Waals surface area contributed by atoms with Crippen molar-refractivity contribution in [2.45, 2.75) is 11.7 Å². The summed E-state index contributed by atoms with van der Waals surface area (Å²) in [4.78, 5) is 11.3. The Bertz CT molecular complexity index is 411. The van der Waals surface area contributed by atoms with Gasteiger partial charge in [-0.25, -0.2) is 8.42 Å². The maximum absolute atomic E-state index is 11.5. The second-order valence-electron chi connectivity index (χ2n) is 3.95. The van der Waals surface area contributed by atoms with Gasteiger partial charge in [-0.15, -0.1) is 0 Å². The zero-order valence-corrected chi connectivity index (χ0v) is 7.62. The zero-order valence-electron chi connectivity index (χ0n) is 6.80. The monoisotopic (exact) mass is 199 g/mol. The van der Waals surface area contributed by atoms with Crippen molar-refractivity contribution in [1.82, 2.24) is 4.72 Å². The number of carbonyl (C=O) groups is 1. The highest BCUT2D eigenvalue weighted by Gasteiger charge is 2.59. The number of rotatable bonds is 0. The maximum atomic E-state index is 11.5. The van der Waals surface area contributed by atoms with Crippen molar-refractivity contribution >= 4 is 15.9 Å². The molecule has 0 aromatic rings. The Hall–Kier alpha value is -0.840. The Morgan fingerprint density at radius 1 is 1.31 bits per heavy atom. The number of hydrogen-bond acceptors (Lipinski definition) is 3. The first kappa shape index (κ1) is 7.55. The van der Waals surface area contributed by atoms with E-state index in [1.54, 1.807) is 0 Å². The minimum atomic E-state index is -3.35. The van der Waals surface area contributed by atoms with Crippen LogP contribution in [0.2, 0.25) is 0 Å². The first-order valence-electron chi connectivity index (χ1n) is 4.33. The molecule has 1 aliphatic heterocycles. The quantitative estimate of drug-likeness (QED) is 0.542. The van der Waals surface area contributed by atoms with E-state index in [1.165, 1.54) is 0 Å². The van der Waals surface area contributed by atoms with Gasteiger partial charge in [0, 0.05) is 0 Å². The summed E-state index contributed by atoms with van der Waals surface area (Å²) in [5.41, 5.74) is 0. The second kappa shape index (κ2) is 1.97. The molecule has 0 aromatic heterocycles. The van der Waals surface area contributed by atoms with E-state index < -0.39 is 15.3 Å². The van der Waals surface area contributed by atoms with Crippen molar-refractivity contribution in [3.63, 3.8) is 0 Å². The molecule has 1 heterocycles. The van der Waals surface area contributed by atoms with Crippen LogP contribution in [-0.2, 0) is 14.8 Å². The summed E-state index contributed by atoms with van der Waals surface area (Å²) >= 11 is 0. The lowest BCUT2D eigenvalue weighted by Crippen LogP contribution is -2.28. The van der Waals surface area contributed by atoms with Crippen LogP contribution in [0, 0.1) is 17.8 Å². The Kier molecular flexibility index (Phi) is 1.15. The molecule has 4 unspecified atom stereocenters. The van der Waals surface area contributed by atoms with Gasteiger partial charge < -0.3 is 0 Å². The van der Waals surface area contributed by atoms with Crippen LogP contribution in [0.4, 0.5) is 0 Å². The van der Waals surface area contributed by atoms with E-state index >= 15 is 0 Å². The zero-order chi connectivity index (χ0) is 9.22. The van der Waals surface area contributed by atoms with Crippen LogP contribution < -0.4 is 4.72 Å². The van der Waals surface area contributed by atoms with Crippen LogP contribution in [0.25, 0.3) is 0 Å². The largest absolute Gasteiger partial charge is 0.274 e. The third-order valence-corrected chi connectivity index (χ3v) is 5.14. The summed E-state index contributed by atoms with van der Waals surface area (Å²) in [6, 6.07) is 0. The molecule has 13 heavy (non-hydrogen) atoms. The fraction of sp³-hybridized carbons (Fsp3) is 0.625. The molecule has 4 atom stereocenters. The topological polar surface area (TPSA) is 63.2 Å². The molecular formula is C8H9NO3S. The lowest BCUT2D eigenvalue weighted by Gasteiger charge is -2.14. The van der Waals surface area contributed by atoms with Gasteiger partial charge in [0.1, 0.15) is 0 Å². The lowest BCUT2D eigenvalue weighted by molar-refractivity contribution is -0.122. The van der Waals surface area contributed by atoms with E-state index in [0.717, 1.165) is 6.42 Å². The standard InChI is InChI=1S/C8H9NO3S/c10-8-6-4-1-2-5(3-4)7(6)13(11,12)9-8/h1-2,4-7H,3H2,(H,9,10). The summed E-state index contributed by atoms with van der Waals surface area (Å²) in [6.07, 6.45) is 4.75. The van der Waals surface area contributed by atoms with E-state index in [0.29, 0.717) is 0 Å². The highest BCUT2D eigenvalue weighted by Crippen LogP contribution is 2.49. The molecule has 1 saturated heterocycles. The maximum Gasteiger partial charge on any atom is 0.239 e. The van der Waals surface area contributed by atoms with Crippen molar-refractivity contribution in [3.8, 4) is 0 Å². The third kappa shape index (κ3) is 0.757. The van der Waals surface area contributed by atoms with E-state index in [-0.39, 0.29) is 23.7 Å². The second-order valence-corrected chi connectivity index (χ2v) is 5.79. The number of allylic oxidation sites excluding steroid dienone is 2. The fourth-order valence-corrected chi connectivity index (χ4v) is 4.75. The predicted octanol–water partition coefficient (Wildman–Crippen LogP) is -0.363. The van der Waals surface area contributed by atoms with E-state index in [4.69, 9.17) is 0 Å². The molecule has 1 saturated carbocycles. The molecule has 4 nitrogen and oxygen atoms in total. The first-order valence-corrected chi connectivity index (χ1v) is 5.88. The van der Waals surface area contributed by atoms with Crippen LogP contribution in [0.3, 0.4) is 0 Å². The number of amides is 1. The van der Waals surface area contributed by atoms with E-state index in [2.05, 4.69) is 4.72 Å². The summed E-state index contributed by atoms with van der Waals surface area (Å²) in [6.45, 7) is 0. The normalized spacial score (nSPS) is 49.4. The predicted molar refractivity (Wildman–Crippen MR) is 45.1 cm³/mol. The van der Waals surface area contributed by atoms with E-state index in [1.807, 2.05) is 12.2 Å². The van der Waals surface area contributed by atoms with Crippen molar-refractivity contribution in [2.75, 3.05) is 0 Å². The van der Waals surface area contributed by atoms with Gasteiger partial charge >= 0.3 is 0 Å². The molecule has 0 radical (unpaired) electrons. The SMILES string of the molecule is O=C1NS(=O)(=O)C2C3C=CC(C3)C12. The average Bonchev–Trinajstić information content (AvgIpc) is 2.63. The molecule has 3 rings (SSSR count). The Labute approximate surface area is 76.1 Å². The number of carbonyl (C=O) groups excluding carboxylic acids is 1. The molecule has 5 heteroatoms. The van der Waals surface area contributed by atoms with Gasteiger partial charge in [-0.05, 0) is 18.3 Å². The van der Waals surface area contributed by atoms with Crippen molar-refractivity contribution in [3.05, 3.63) is 12.2 Å². The molecule has 2 aliphatic carbocycles. The molecule has 2 fully saturated rings. The summed E-state index contributed by atoms with van der Waals surface area (Å²) in [5, 5.41) is -0.477. The average molecular weight is 199 g/mol. The summed E-state index contributed by atoms with van der Waals surface area (Å²) < 4.78 is 25.0. The fourth-order valence-electron chi connectivity index (χ4n) is 2.82. The summed E-state index contributed by atoms with van der Waals surface area (Å²) in [5.74, 6) is -0.381. The number of nitrogens with one attached hydrogen (secondary N) is 1. The molecule has 0 aromatic carbocycles. The molecule has 70 valence electrons. The lowest BCUT2D eigenvalue weighted by atomic mass is 9.93. The van der Waals surface area contributed by atoms with Gasteiger partial charge in [0.25, 0.3) is 0 Å². The minimum Gasteiger partial charge on any atom is -0.274 e.